The van der Waals surface area contributed by atoms with Gasteiger partial charge < -0.3 is 14.6 Å². The molecule has 0 saturated carbocycles. The lowest BCUT2D eigenvalue weighted by Crippen LogP contribution is -2.38. The first-order valence-corrected chi connectivity index (χ1v) is 10.3. The van der Waals surface area contributed by atoms with E-state index in [1.807, 2.05) is 12.1 Å². The van der Waals surface area contributed by atoms with Crippen molar-refractivity contribution in [2.45, 2.75) is 22.7 Å². The van der Waals surface area contributed by atoms with Gasteiger partial charge in [-0.1, -0.05) is 24.3 Å². The molecular weight excluding hydrogens is 429 g/mol. The minimum Gasteiger partial charge on any atom is -0.468 e. The lowest BCUT2D eigenvalue weighted by atomic mass is 10.1. The molecule has 2 aromatic carbocycles. The predicted octanol–water partition coefficient (Wildman–Crippen LogP) is 5.51. The number of rotatable bonds is 4. The van der Waals surface area contributed by atoms with Crippen LogP contribution in [0.15, 0.2) is 76.2 Å². The minimum absolute atomic E-state index is 0.0826. The number of thioether (sulfide) groups is 1. The number of amides is 2. The van der Waals surface area contributed by atoms with E-state index in [4.69, 9.17) is 4.42 Å². The number of nitrogens with one attached hydrogen (secondary N) is 1. The van der Waals surface area contributed by atoms with Gasteiger partial charge in [0.25, 0.3) is 0 Å². The molecule has 2 heterocycles. The molecule has 1 aliphatic heterocycles. The van der Waals surface area contributed by atoms with E-state index in [1.54, 1.807) is 24.3 Å². The van der Waals surface area contributed by atoms with Crippen molar-refractivity contribution in [1.29, 1.82) is 0 Å². The van der Waals surface area contributed by atoms with E-state index in [-0.39, 0.29) is 23.3 Å². The molecule has 0 saturated heterocycles. The molecule has 1 aromatic heterocycles. The molecule has 3 aromatic rings. The fraction of sp³-hybridized carbons (Fsp3) is 0.182. The zero-order valence-corrected chi connectivity index (χ0v) is 16.9. The number of hydrogen-bond donors (Lipinski definition) is 1. The number of furan rings is 1. The molecule has 1 aliphatic rings. The number of anilines is 2. The van der Waals surface area contributed by atoms with Crippen molar-refractivity contribution >= 4 is 35.0 Å². The van der Waals surface area contributed by atoms with Crippen molar-refractivity contribution in [2.75, 3.05) is 16.8 Å². The van der Waals surface area contributed by atoms with Crippen LogP contribution in [-0.4, -0.2) is 18.4 Å². The van der Waals surface area contributed by atoms with Gasteiger partial charge in [-0.15, -0.1) is 11.8 Å². The zero-order chi connectivity index (χ0) is 22.0. The number of benzene rings is 2. The van der Waals surface area contributed by atoms with Crippen molar-refractivity contribution < 1.29 is 27.2 Å². The molecule has 0 radical (unpaired) electrons. The number of halogens is 3. The van der Waals surface area contributed by atoms with Crippen molar-refractivity contribution in [3.8, 4) is 0 Å². The van der Waals surface area contributed by atoms with E-state index in [0.29, 0.717) is 11.4 Å². The summed E-state index contributed by atoms with van der Waals surface area (Å²) in [4.78, 5) is 27.7. The van der Waals surface area contributed by atoms with Crippen LogP contribution in [0.2, 0.25) is 0 Å². The third-order valence-electron chi connectivity index (χ3n) is 4.76. The molecule has 0 unspecified atom stereocenters. The van der Waals surface area contributed by atoms with Crippen molar-refractivity contribution in [3.05, 3.63) is 78.3 Å². The molecule has 1 N–H and O–H groups in total. The molecule has 0 fully saturated rings. The van der Waals surface area contributed by atoms with Gasteiger partial charge in [0, 0.05) is 11.3 Å². The summed E-state index contributed by atoms with van der Waals surface area (Å²) in [6.07, 6.45) is -3.00. The topological polar surface area (TPSA) is 62.6 Å². The number of hydrogen-bond acceptors (Lipinski definition) is 4. The standard InChI is InChI=1S/C22H17F3N2O3S/c23-22(24,25)14-6-1-2-7-15(14)26-20(28)13-27-16-8-3-4-10-18(16)31-19(12-21(27)29)17-9-5-11-30-17/h1-11,19H,12-13H2,(H,26,28)/t19-/m1/s1. The third-order valence-corrected chi connectivity index (χ3v) is 6.04. The first kappa shape index (κ1) is 21.0. The van der Waals surface area contributed by atoms with Crippen LogP contribution >= 0.6 is 11.8 Å². The normalized spacial score (nSPS) is 16.5. The number of fused-ring (bicyclic) bond motifs is 1. The fourth-order valence-electron chi connectivity index (χ4n) is 3.36. The number of carbonyl (C=O) groups excluding carboxylic acids is 2. The van der Waals surface area contributed by atoms with E-state index in [1.165, 1.54) is 41.1 Å². The highest BCUT2D eigenvalue weighted by Gasteiger charge is 2.35. The maximum atomic E-state index is 13.2. The van der Waals surface area contributed by atoms with Crippen LogP contribution in [0.25, 0.3) is 0 Å². The Bertz CT molecular complexity index is 1100. The molecule has 1 atom stereocenters. The molecule has 4 rings (SSSR count). The van der Waals surface area contributed by atoms with Crippen molar-refractivity contribution in [3.63, 3.8) is 0 Å². The van der Waals surface area contributed by atoms with E-state index in [0.717, 1.165) is 11.0 Å². The number of nitrogens with zero attached hydrogens (tertiary/aromatic N) is 1. The Kier molecular flexibility index (Phi) is 5.77. The van der Waals surface area contributed by atoms with Gasteiger partial charge in [-0.25, -0.2) is 0 Å². The van der Waals surface area contributed by atoms with Crippen LogP contribution in [0.5, 0.6) is 0 Å². The van der Waals surface area contributed by atoms with E-state index < -0.39 is 24.2 Å². The van der Waals surface area contributed by atoms with Crippen molar-refractivity contribution in [2.24, 2.45) is 0 Å². The van der Waals surface area contributed by atoms with E-state index in [9.17, 15) is 22.8 Å². The smallest absolute Gasteiger partial charge is 0.418 e. The summed E-state index contributed by atoms with van der Waals surface area (Å²) >= 11 is 1.44. The molecular formula is C22H17F3N2O3S. The van der Waals surface area contributed by atoms with Gasteiger partial charge in [0.05, 0.1) is 28.5 Å². The molecule has 2 amide bonds. The molecule has 5 nitrogen and oxygen atoms in total. The van der Waals surface area contributed by atoms with Gasteiger partial charge in [-0.2, -0.15) is 13.2 Å². The molecule has 0 bridgehead atoms. The van der Waals surface area contributed by atoms with E-state index in [2.05, 4.69) is 5.32 Å². The summed E-state index contributed by atoms with van der Waals surface area (Å²) < 4.78 is 45.1. The van der Waals surface area contributed by atoms with Crippen LogP contribution in [-0.2, 0) is 15.8 Å². The second-order valence-corrected chi connectivity index (χ2v) is 8.11. The Balaban J connectivity index is 1.58. The third kappa shape index (κ3) is 4.61. The molecule has 0 spiro atoms. The SMILES string of the molecule is O=C(CN1C(=O)C[C@H](c2ccco2)Sc2ccccc21)Nc1ccccc1C(F)(F)F. The maximum absolute atomic E-state index is 13.2. The fourth-order valence-corrected chi connectivity index (χ4v) is 4.60. The quantitative estimate of drug-likeness (QED) is 0.574. The summed E-state index contributed by atoms with van der Waals surface area (Å²) in [6, 6.07) is 15.3. The molecule has 160 valence electrons. The maximum Gasteiger partial charge on any atom is 0.418 e. The summed E-state index contributed by atoms with van der Waals surface area (Å²) in [5.41, 5.74) is -0.761. The predicted molar refractivity (Wildman–Crippen MR) is 111 cm³/mol. The van der Waals surface area contributed by atoms with Crippen LogP contribution in [0.3, 0.4) is 0 Å². The van der Waals surface area contributed by atoms with Gasteiger partial charge in [0.1, 0.15) is 12.3 Å². The number of para-hydroxylation sites is 2. The summed E-state index contributed by atoms with van der Waals surface area (Å²) in [6.45, 7) is -0.409. The average Bonchev–Trinajstić information content (AvgIpc) is 3.22. The molecule has 9 heteroatoms. The van der Waals surface area contributed by atoms with Gasteiger partial charge in [-0.3, -0.25) is 9.59 Å². The summed E-state index contributed by atoms with van der Waals surface area (Å²) in [5, 5.41) is 2.02. The van der Waals surface area contributed by atoms with Crippen LogP contribution < -0.4 is 10.2 Å². The molecule has 31 heavy (non-hydrogen) atoms. The largest absolute Gasteiger partial charge is 0.468 e. The Morgan fingerprint density at radius 1 is 1.10 bits per heavy atom. The molecule has 0 aliphatic carbocycles. The van der Waals surface area contributed by atoms with E-state index >= 15 is 0 Å². The lowest BCUT2D eigenvalue weighted by Gasteiger charge is -2.22. The van der Waals surface area contributed by atoms with Crippen molar-refractivity contribution in [1.82, 2.24) is 0 Å². The Labute approximate surface area is 180 Å². The summed E-state index contributed by atoms with van der Waals surface area (Å²) in [7, 11) is 0. The number of alkyl halides is 3. The minimum atomic E-state index is -4.61. The van der Waals surface area contributed by atoms with Crippen LogP contribution in [0.1, 0.15) is 23.0 Å². The van der Waals surface area contributed by atoms with Crippen LogP contribution in [0, 0.1) is 0 Å². The second kappa shape index (κ2) is 8.50. The van der Waals surface area contributed by atoms with Gasteiger partial charge in [-0.05, 0) is 36.4 Å². The summed E-state index contributed by atoms with van der Waals surface area (Å²) in [5.74, 6) is -0.405. The first-order chi connectivity index (χ1) is 14.8. The highest BCUT2D eigenvalue weighted by molar-refractivity contribution is 7.99. The monoisotopic (exact) mass is 446 g/mol. The highest BCUT2D eigenvalue weighted by Crippen LogP contribution is 2.45. The second-order valence-electron chi connectivity index (χ2n) is 6.87. The average molecular weight is 446 g/mol. The Morgan fingerprint density at radius 2 is 1.84 bits per heavy atom. The van der Waals surface area contributed by atoms with Crippen LogP contribution in [0.4, 0.5) is 24.5 Å². The first-order valence-electron chi connectivity index (χ1n) is 9.38. The Hall–Kier alpha value is -3.20. The van der Waals surface area contributed by atoms with Gasteiger partial charge in [0.2, 0.25) is 11.8 Å². The highest BCUT2D eigenvalue weighted by atomic mass is 32.2. The number of carbonyl (C=O) groups is 2. The lowest BCUT2D eigenvalue weighted by molar-refractivity contribution is -0.137. The van der Waals surface area contributed by atoms with Gasteiger partial charge >= 0.3 is 6.18 Å². The Morgan fingerprint density at radius 3 is 2.58 bits per heavy atom. The zero-order valence-electron chi connectivity index (χ0n) is 16.1. The van der Waals surface area contributed by atoms with Gasteiger partial charge in [0.15, 0.2) is 0 Å².